The van der Waals surface area contributed by atoms with Crippen LogP contribution >= 0.6 is 0 Å². The van der Waals surface area contributed by atoms with Crippen LogP contribution in [0.4, 0.5) is 5.69 Å². The van der Waals surface area contributed by atoms with Crippen molar-refractivity contribution in [3.63, 3.8) is 0 Å². The highest BCUT2D eigenvalue weighted by molar-refractivity contribution is 5.52. The number of nitro benzene ring substituents is 1. The van der Waals surface area contributed by atoms with E-state index in [9.17, 15) is 10.1 Å². The molecule has 0 unspecified atom stereocenters. The molecule has 0 spiro atoms. The standard InChI is InChI=1S/C9H8N4O2/c1-7-2-3-8(13(14)15)9(6-7)12-10-4-5-11-12/h2-6H,1H3. The molecule has 0 atom stereocenters. The number of hydrogen-bond acceptors (Lipinski definition) is 4. The van der Waals surface area contributed by atoms with Crippen molar-refractivity contribution in [1.29, 1.82) is 0 Å². The average molecular weight is 204 g/mol. The van der Waals surface area contributed by atoms with Gasteiger partial charge in [0.2, 0.25) is 0 Å². The number of benzene rings is 1. The fourth-order valence-electron chi connectivity index (χ4n) is 1.29. The van der Waals surface area contributed by atoms with Crippen molar-refractivity contribution >= 4 is 5.69 Å². The van der Waals surface area contributed by atoms with Crippen molar-refractivity contribution in [1.82, 2.24) is 15.0 Å². The molecule has 0 aliphatic carbocycles. The SMILES string of the molecule is Cc1ccc([N+](=O)[O-])c(-n2nccn2)c1. The molecular formula is C9H8N4O2. The molecule has 76 valence electrons. The number of nitrogens with zero attached hydrogens (tertiary/aromatic N) is 4. The number of hydrogen-bond donors (Lipinski definition) is 0. The van der Waals surface area contributed by atoms with Crippen LogP contribution in [0.2, 0.25) is 0 Å². The van der Waals surface area contributed by atoms with Crippen LogP contribution in [-0.4, -0.2) is 19.9 Å². The van der Waals surface area contributed by atoms with Gasteiger partial charge in [-0.25, -0.2) is 0 Å². The van der Waals surface area contributed by atoms with E-state index >= 15 is 0 Å². The summed E-state index contributed by atoms with van der Waals surface area (Å²) < 4.78 is 0. The molecule has 0 bridgehead atoms. The van der Waals surface area contributed by atoms with Gasteiger partial charge in [0.05, 0.1) is 17.3 Å². The summed E-state index contributed by atoms with van der Waals surface area (Å²) in [6.07, 6.45) is 2.96. The van der Waals surface area contributed by atoms with Crippen LogP contribution in [0.3, 0.4) is 0 Å². The van der Waals surface area contributed by atoms with E-state index in [0.717, 1.165) is 5.56 Å². The van der Waals surface area contributed by atoms with Gasteiger partial charge in [-0.05, 0) is 18.6 Å². The highest BCUT2D eigenvalue weighted by Gasteiger charge is 2.15. The van der Waals surface area contributed by atoms with Crippen LogP contribution in [0, 0.1) is 17.0 Å². The van der Waals surface area contributed by atoms with Gasteiger partial charge in [0.1, 0.15) is 0 Å². The summed E-state index contributed by atoms with van der Waals surface area (Å²) in [6.45, 7) is 1.86. The normalized spacial score (nSPS) is 10.2. The maximum atomic E-state index is 10.8. The summed E-state index contributed by atoms with van der Waals surface area (Å²) in [5.74, 6) is 0. The Morgan fingerprint density at radius 1 is 1.33 bits per heavy atom. The maximum absolute atomic E-state index is 10.8. The number of nitro groups is 1. The van der Waals surface area contributed by atoms with Crippen molar-refractivity contribution in [3.8, 4) is 5.69 Å². The van der Waals surface area contributed by atoms with Crippen LogP contribution in [-0.2, 0) is 0 Å². The van der Waals surface area contributed by atoms with E-state index < -0.39 is 4.92 Å². The molecule has 0 aliphatic heterocycles. The monoisotopic (exact) mass is 204 g/mol. The molecule has 2 aromatic rings. The third-order valence-corrected chi connectivity index (χ3v) is 1.96. The van der Waals surface area contributed by atoms with Crippen LogP contribution in [0.5, 0.6) is 0 Å². The Morgan fingerprint density at radius 3 is 2.60 bits per heavy atom. The lowest BCUT2D eigenvalue weighted by molar-refractivity contribution is -0.384. The topological polar surface area (TPSA) is 73.8 Å². The molecule has 0 saturated heterocycles. The van der Waals surface area contributed by atoms with Gasteiger partial charge in [-0.15, -0.1) is 4.80 Å². The van der Waals surface area contributed by atoms with Crippen LogP contribution in [0.1, 0.15) is 5.56 Å². The molecule has 6 heteroatoms. The minimum atomic E-state index is -0.446. The molecule has 0 saturated carbocycles. The number of aryl methyl sites for hydroxylation is 1. The fraction of sp³-hybridized carbons (Fsp3) is 0.111. The van der Waals surface area contributed by atoms with Gasteiger partial charge in [-0.2, -0.15) is 10.2 Å². The molecule has 0 radical (unpaired) electrons. The minimum absolute atomic E-state index is 0.00296. The van der Waals surface area contributed by atoms with E-state index in [2.05, 4.69) is 10.2 Å². The largest absolute Gasteiger partial charge is 0.296 e. The van der Waals surface area contributed by atoms with E-state index in [1.165, 1.54) is 23.3 Å². The minimum Gasteiger partial charge on any atom is -0.258 e. The van der Waals surface area contributed by atoms with E-state index in [1.54, 1.807) is 12.1 Å². The van der Waals surface area contributed by atoms with Crippen molar-refractivity contribution in [2.24, 2.45) is 0 Å². The van der Waals surface area contributed by atoms with Gasteiger partial charge in [0, 0.05) is 6.07 Å². The summed E-state index contributed by atoms with van der Waals surface area (Å²) in [5, 5.41) is 18.5. The van der Waals surface area contributed by atoms with Crippen molar-refractivity contribution < 1.29 is 4.92 Å². The molecule has 15 heavy (non-hydrogen) atoms. The summed E-state index contributed by atoms with van der Waals surface area (Å²) in [4.78, 5) is 11.6. The smallest absolute Gasteiger partial charge is 0.258 e. The second-order valence-electron chi connectivity index (χ2n) is 3.07. The zero-order chi connectivity index (χ0) is 10.8. The molecule has 1 aromatic heterocycles. The van der Waals surface area contributed by atoms with Crippen molar-refractivity contribution in [2.45, 2.75) is 6.92 Å². The van der Waals surface area contributed by atoms with E-state index in [-0.39, 0.29) is 5.69 Å². The van der Waals surface area contributed by atoms with Crippen molar-refractivity contribution in [2.75, 3.05) is 0 Å². The third kappa shape index (κ3) is 1.69. The fourth-order valence-corrected chi connectivity index (χ4v) is 1.29. The summed E-state index contributed by atoms with van der Waals surface area (Å²) >= 11 is 0. The lowest BCUT2D eigenvalue weighted by Crippen LogP contribution is -2.03. The third-order valence-electron chi connectivity index (χ3n) is 1.96. The van der Waals surface area contributed by atoms with Crippen LogP contribution in [0.25, 0.3) is 5.69 Å². The molecule has 1 aromatic carbocycles. The average Bonchev–Trinajstić information content (AvgIpc) is 2.69. The Morgan fingerprint density at radius 2 is 2.00 bits per heavy atom. The Labute approximate surface area is 85.3 Å². The first-order valence-electron chi connectivity index (χ1n) is 4.30. The molecule has 0 aliphatic rings. The Hall–Kier alpha value is -2.24. The predicted octanol–water partition coefficient (Wildman–Crippen LogP) is 1.48. The van der Waals surface area contributed by atoms with Gasteiger partial charge < -0.3 is 0 Å². The Kier molecular flexibility index (Phi) is 2.17. The summed E-state index contributed by atoms with van der Waals surface area (Å²) in [5.41, 5.74) is 1.30. The highest BCUT2D eigenvalue weighted by atomic mass is 16.6. The molecule has 0 fully saturated rings. The van der Waals surface area contributed by atoms with Gasteiger partial charge in [-0.3, -0.25) is 10.1 Å². The first kappa shape index (κ1) is 9.32. The van der Waals surface area contributed by atoms with E-state index in [1.807, 2.05) is 6.92 Å². The summed E-state index contributed by atoms with van der Waals surface area (Å²) in [7, 11) is 0. The predicted molar refractivity (Wildman–Crippen MR) is 52.8 cm³/mol. The Balaban J connectivity index is 2.63. The highest BCUT2D eigenvalue weighted by Crippen LogP contribution is 2.22. The molecular weight excluding hydrogens is 196 g/mol. The first-order valence-corrected chi connectivity index (χ1v) is 4.30. The lowest BCUT2D eigenvalue weighted by atomic mass is 10.2. The van der Waals surface area contributed by atoms with Gasteiger partial charge in [0.15, 0.2) is 5.69 Å². The second kappa shape index (κ2) is 3.49. The maximum Gasteiger partial charge on any atom is 0.296 e. The molecule has 2 rings (SSSR count). The molecule has 6 nitrogen and oxygen atoms in total. The zero-order valence-corrected chi connectivity index (χ0v) is 7.99. The lowest BCUT2D eigenvalue weighted by Gasteiger charge is -2.02. The molecule has 0 N–H and O–H groups in total. The van der Waals surface area contributed by atoms with Crippen molar-refractivity contribution in [3.05, 3.63) is 46.3 Å². The Bertz CT molecular complexity index is 493. The van der Waals surface area contributed by atoms with E-state index in [4.69, 9.17) is 0 Å². The first-order chi connectivity index (χ1) is 7.18. The number of rotatable bonds is 2. The molecule has 0 amide bonds. The van der Waals surface area contributed by atoms with Gasteiger partial charge >= 0.3 is 0 Å². The van der Waals surface area contributed by atoms with Gasteiger partial charge in [-0.1, -0.05) is 6.07 Å². The zero-order valence-electron chi connectivity index (χ0n) is 7.99. The quantitative estimate of drug-likeness (QED) is 0.548. The summed E-state index contributed by atoms with van der Waals surface area (Å²) in [6, 6.07) is 4.82. The van der Waals surface area contributed by atoms with Crippen LogP contribution in [0.15, 0.2) is 30.6 Å². The van der Waals surface area contributed by atoms with Crippen LogP contribution < -0.4 is 0 Å². The second-order valence-corrected chi connectivity index (χ2v) is 3.07. The van der Waals surface area contributed by atoms with Gasteiger partial charge in [0.25, 0.3) is 5.69 Å². The molecule has 1 heterocycles. The number of aromatic nitrogens is 3. The van der Waals surface area contributed by atoms with E-state index in [0.29, 0.717) is 5.69 Å².